The lowest BCUT2D eigenvalue weighted by Crippen LogP contribution is -2.24. The third-order valence-electron chi connectivity index (χ3n) is 3.94. The molecule has 0 bridgehead atoms. The van der Waals surface area contributed by atoms with Crippen molar-refractivity contribution in [1.82, 2.24) is 4.98 Å². The Kier molecular flexibility index (Phi) is 3.57. The van der Waals surface area contributed by atoms with E-state index in [0.29, 0.717) is 5.52 Å². The molecule has 124 valence electrons. The van der Waals surface area contributed by atoms with Crippen LogP contribution in [0.1, 0.15) is 5.56 Å². The summed E-state index contributed by atoms with van der Waals surface area (Å²) in [4.78, 5) is 14.9. The lowest BCUT2D eigenvalue weighted by Gasteiger charge is -2.06. The molecule has 0 fully saturated rings. The van der Waals surface area contributed by atoms with Crippen molar-refractivity contribution < 1.29 is 18.7 Å². The second kappa shape index (κ2) is 5.90. The predicted molar refractivity (Wildman–Crippen MR) is 89.9 cm³/mol. The molecule has 3 aromatic carbocycles. The number of benzene rings is 3. The molecule has 0 aliphatic heterocycles. The van der Waals surface area contributed by atoms with Gasteiger partial charge in [0.25, 0.3) is 6.01 Å². The summed E-state index contributed by atoms with van der Waals surface area (Å²) in [6.45, 7) is 0. The molecular weight excluding hydrogens is 323 g/mol. The molecule has 0 saturated carbocycles. The third-order valence-corrected chi connectivity index (χ3v) is 3.94. The summed E-state index contributed by atoms with van der Waals surface area (Å²) in [5.41, 5.74) is 1.00. The molecule has 5 nitrogen and oxygen atoms in total. The number of carboxylic acid groups (broad SMARTS) is 1. The Morgan fingerprint density at radius 3 is 2.76 bits per heavy atom. The standard InChI is InChI=1S/C19H13FN2O3/c20-17-12(10-16(23)24)8-9-15-18(17)25-19(22-15)21-14-7-3-5-11-4-1-2-6-13(11)14/h1-9H,10H2,(H,21,22)(H,23,24)/p-1. The maximum atomic E-state index is 14.4. The van der Waals surface area contributed by atoms with E-state index in [0.717, 1.165) is 16.5 Å². The van der Waals surface area contributed by atoms with Crippen LogP contribution in [-0.4, -0.2) is 11.0 Å². The van der Waals surface area contributed by atoms with Crippen molar-refractivity contribution in [2.24, 2.45) is 0 Å². The zero-order valence-corrected chi connectivity index (χ0v) is 13.0. The molecule has 0 saturated heterocycles. The van der Waals surface area contributed by atoms with Gasteiger partial charge in [-0.05, 0) is 23.1 Å². The smallest absolute Gasteiger partial charge is 0.300 e. The number of hydrogen-bond acceptors (Lipinski definition) is 5. The number of carboxylic acids is 1. The number of oxazole rings is 1. The minimum atomic E-state index is -1.35. The number of aromatic nitrogens is 1. The van der Waals surface area contributed by atoms with Gasteiger partial charge in [0.05, 0.1) is 5.69 Å². The van der Waals surface area contributed by atoms with Crippen LogP contribution >= 0.6 is 0 Å². The van der Waals surface area contributed by atoms with E-state index in [9.17, 15) is 14.3 Å². The summed E-state index contributed by atoms with van der Waals surface area (Å²) in [5, 5.41) is 15.8. The molecule has 0 aliphatic rings. The average molecular weight is 335 g/mol. The minimum absolute atomic E-state index is 0.000334. The Hall–Kier alpha value is -3.41. The SMILES string of the molecule is O=C([O-])Cc1ccc2nc(Nc3cccc4ccccc34)oc2c1F. The molecule has 1 heterocycles. The zero-order chi connectivity index (χ0) is 17.4. The Bertz CT molecular complexity index is 1100. The highest BCUT2D eigenvalue weighted by Crippen LogP contribution is 2.29. The van der Waals surface area contributed by atoms with Gasteiger partial charge < -0.3 is 19.6 Å². The Labute approximate surface area is 141 Å². The number of carbonyl (C=O) groups excluding carboxylic acids is 1. The number of nitrogens with one attached hydrogen (secondary N) is 1. The van der Waals surface area contributed by atoms with E-state index >= 15 is 0 Å². The summed E-state index contributed by atoms with van der Waals surface area (Å²) in [6.07, 6.45) is -0.519. The molecular formula is C19H12FN2O3-. The van der Waals surface area contributed by atoms with Crippen LogP contribution < -0.4 is 10.4 Å². The molecule has 0 aliphatic carbocycles. The van der Waals surface area contributed by atoms with E-state index in [1.165, 1.54) is 12.1 Å². The maximum absolute atomic E-state index is 14.4. The predicted octanol–water partition coefficient (Wildman–Crippen LogP) is 3.16. The fraction of sp³-hybridized carbons (Fsp3) is 0.0526. The molecule has 4 rings (SSSR count). The van der Waals surface area contributed by atoms with Crippen LogP contribution in [0.5, 0.6) is 0 Å². The monoisotopic (exact) mass is 335 g/mol. The van der Waals surface area contributed by atoms with Gasteiger partial charge in [-0.1, -0.05) is 42.5 Å². The quantitative estimate of drug-likeness (QED) is 0.620. The van der Waals surface area contributed by atoms with Crippen molar-refractivity contribution in [2.75, 3.05) is 5.32 Å². The van der Waals surface area contributed by atoms with Crippen molar-refractivity contribution in [3.63, 3.8) is 0 Å². The summed E-state index contributed by atoms with van der Waals surface area (Å²) in [6, 6.07) is 16.6. The van der Waals surface area contributed by atoms with E-state index < -0.39 is 18.2 Å². The molecule has 1 aromatic heterocycles. The van der Waals surface area contributed by atoms with Gasteiger partial charge in [-0.2, -0.15) is 4.98 Å². The van der Waals surface area contributed by atoms with Crippen LogP contribution in [0.4, 0.5) is 16.1 Å². The van der Waals surface area contributed by atoms with Gasteiger partial charge >= 0.3 is 0 Å². The van der Waals surface area contributed by atoms with Gasteiger partial charge in [-0.3, -0.25) is 0 Å². The third kappa shape index (κ3) is 2.78. The van der Waals surface area contributed by atoms with Gasteiger partial charge in [-0.15, -0.1) is 0 Å². The van der Waals surface area contributed by atoms with Crippen molar-refractivity contribution >= 4 is 39.5 Å². The van der Waals surface area contributed by atoms with Crippen molar-refractivity contribution in [1.29, 1.82) is 0 Å². The Balaban J connectivity index is 1.74. The number of anilines is 2. The summed E-state index contributed by atoms with van der Waals surface area (Å²) < 4.78 is 19.8. The molecule has 0 amide bonds. The summed E-state index contributed by atoms with van der Waals surface area (Å²) >= 11 is 0. The molecule has 25 heavy (non-hydrogen) atoms. The van der Waals surface area contributed by atoms with Crippen LogP contribution in [0, 0.1) is 5.82 Å². The van der Waals surface area contributed by atoms with Gasteiger partial charge in [-0.25, -0.2) is 4.39 Å². The fourth-order valence-electron chi connectivity index (χ4n) is 2.80. The highest BCUT2D eigenvalue weighted by molar-refractivity contribution is 5.95. The number of nitrogens with zero attached hydrogens (tertiary/aromatic N) is 1. The summed E-state index contributed by atoms with van der Waals surface area (Å²) in [7, 11) is 0. The number of halogens is 1. The van der Waals surface area contributed by atoms with E-state index in [2.05, 4.69) is 10.3 Å². The molecule has 0 atom stereocenters. The lowest BCUT2D eigenvalue weighted by molar-refractivity contribution is -0.304. The van der Waals surface area contributed by atoms with Crippen LogP contribution in [0.15, 0.2) is 59.0 Å². The fourth-order valence-corrected chi connectivity index (χ4v) is 2.80. The first-order valence-electron chi connectivity index (χ1n) is 7.64. The second-order valence-electron chi connectivity index (χ2n) is 5.61. The van der Waals surface area contributed by atoms with Crippen LogP contribution in [0.2, 0.25) is 0 Å². The second-order valence-corrected chi connectivity index (χ2v) is 5.61. The zero-order valence-electron chi connectivity index (χ0n) is 13.0. The molecule has 0 radical (unpaired) electrons. The van der Waals surface area contributed by atoms with Gasteiger partial charge in [0.2, 0.25) is 0 Å². The highest BCUT2D eigenvalue weighted by Gasteiger charge is 2.15. The van der Waals surface area contributed by atoms with E-state index in [1.807, 2.05) is 42.5 Å². The number of carbonyl (C=O) groups is 1. The van der Waals surface area contributed by atoms with Gasteiger partial charge in [0.15, 0.2) is 11.4 Å². The first-order chi connectivity index (χ1) is 12.1. The lowest BCUT2D eigenvalue weighted by atomic mass is 10.1. The first-order valence-corrected chi connectivity index (χ1v) is 7.64. The number of rotatable bonds is 4. The van der Waals surface area contributed by atoms with Crippen molar-refractivity contribution in [3.05, 3.63) is 66.0 Å². The highest BCUT2D eigenvalue weighted by atomic mass is 19.1. The molecule has 4 aromatic rings. The molecule has 6 heteroatoms. The number of fused-ring (bicyclic) bond motifs is 2. The first kappa shape index (κ1) is 15.1. The Morgan fingerprint density at radius 2 is 1.92 bits per heavy atom. The maximum Gasteiger partial charge on any atom is 0.300 e. The van der Waals surface area contributed by atoms with Crippen molar-refractivity contribution in [3.8, 4) is 0 Å². The van der Waals surface area contributed by atoms with Gasteiger partial charge in [0.1, 0.15) is 5.52 Å². The minimum Gasteiger partial charge on any atom is -0.550 e. The molecule has 1 N–H and O–H groups in total. The largest absolute Gasteiger partial charge is 0.550 e. The normalized spacial score (nSPS) is 11.1. The number of hydrogen-bond donors (Lipinski definition) is 1. The Morgan fingerprint density at radius 1 is 1.12 bits per heavy atom. The van der Waals surface area contributed by atoms with Gasteiger partial charge in [0, 0.05) is 17.8 Å². The van der Waals surface area contributed by atoms with E-state index in [-0.39, 0.29) is 17.2 Å². The topological polar surface area (TPSA) is 78.2 Å². The van der Waals surface area contributed by atoms with Crippen LogP contribution in [-0.2, 0) is 11.2 Å². The molecule has 0 spiro atoms. The average Bonchev–Trinajstić information content (AvgIpc) is 3.01. The van der Waals surface area contributed by atoms with Crippen LogP contribution in [0.25, 0.3) is 21.9 Å². The summed E-state index contributed by atoms with van der Waals surface area (Å²) in [5.74, 6) is -2.09. The molecule has 0 unspecified atom stereocenters. The number of aliphatic carboxylic acids is 1. The van der Waals surface area contributed by atoms with Crippen LogP contribution in [0.3, 0.4) is 0 Å². The van der Waals surface area contributed by atoms with E-state index in [4.69, 9.17) is 4.42 Å². The van der Waals surface area contributed by atoms with Crippen molar-refractivity contribution in [2.45, 2.75) is 6.42 Å². The van der Waals surface area contributed by atoms with E-state index in [1.54, 1.807) is 0 Å².